The van der Waals surface area contributed by atoms with E-state index in [0.717, 1.165) is 17.9 Å². The van der Waals surface area contributed by atoms with E-state index < -0.39 is 0 Å². The molecule has 1 aliphatic heterocycles. The van der Waals surface area contributed by atoms with Crippen LogP contribution in [-0.4, -0.2) is 19.1 Å². The largest absolute Gasteiger partial charge is 0.488 e. The molecule has 3 rings (SSSR count). The highest BCUT2D eigenvalue weighted by atomic mass is 16.5. The van der Waals surface area contributed by atoms with Crippen molar-refractivity contribution < 1.29 is 9.53 Å². The van der Waals surface area contributed by atoms with E-state index in [2.05, 4.69) is 5.32 Å². The fraction of sp³-hybridized carbons (Fsp3) is 0.357. The van der Waals surface area contributed by atoms with Crippen molar-refractivity contribution in [1.29, 1.82) is 0 Å². The van der Waals surface area contributed by atoms with E-state index in [0.29, 0.717) is 18.1 Å². The summed E-state index contributed by atoms with van der Waals surface area (Å²) in [5.74, 6) is 1.56. The first-order valence-corrected chi connectivity index (χ1v) is 6.03. The van der Waals surface area contributed by atoms with Crippen molar-refractivity contribution >= 4 is 12.0 Å². The normalized spacial score (nSPS) is 17.8. The summed E-state index contributed by atoms with van der Waals surface area (Å²) in [5.41, 5.74) is 1.69. The second kappa shape index (κ2) is 4.24. The van der Waals surface area contributed by atoms with Gasteiger partial charge in [0, 0.05) is 12.1 Å². The maximum Gasteiger partial charge on any atom is 0.250 e. The number of carbonyl (C=O) groups excluding carboxylic acids is 1. The Hall–Kier alpha value is -1.77. The number of rotatable bonds is 3. The molecule has 17 heavy (non-hydrogen) atoms. The lowest BCUT2D eigenvalue weighted by Crippen LogP contribution is -2.30. The van der Waals surface area contributed by atoms with Gasteiger partial charge in [0.05, 0.1) is 5.57 Å². The summed E-state index contributed by atoms with van der Waals surface area (Å²) in [7, 11) is 0. The van der Waals surface area contributed by atoms with Crippen LogP contribution in [0.15, 0.2) is 29.8 Å². The molecule has 1 fully saturated rings. The van der Waals surface area contributed by atoms with Gasteiger partial charge in [-0.05, 0) is 30.9 Å². The van der Waals surface area contributed by atoms with Crippen molar-refractivity contribution in [3.8, 4) is 5.75 Å². The third kappa shape index (κ3) is 2.33. The molecular formula is C14H15NO2. The van der Waals surface area contributed by atoms with Gasteiger partial charge in [0.1, 0.15) is 12.4 Å². The maximum absolute atomic E-state index is 11.9. The van der Waals surface area contributed by atoms with Crippen molar-refractivity contribution in [3.63, 3.8) is 0 Å². The summed E-state index contributed by atoms with van der Waals surface area (Å²) in [4.78, 5) is 11.9. The molecule has 88 valence electrons. The minimum absolute atomic E-state index is 0.00593. The SMILES string of the molecule is O=C(NCC1CC1)C1=Cc2ccccc2OC1. The van der Waals surface area contributed by atoms with Crippen LogP contribution >= 0.6 is 0 Å². The molecule has 1 saturated carbocycles. The summed E-state index contributed by atoms with van der Waals surface area (Å²) in [6, 6.07) is 7.77. The molecule has 2 aliphatic rings. The number of carbonyl (C=O) groups is 1. The van der Waals surface area contributed by atoms with Gasteiger partial charge in [0.15, 0.2) is 0 Å². The van der Waals surface area contributed by atoms with Crippen LogP contribution in [-0.2, 0) is 4.79 Å². The molecule has 1 aromatic rings. The molecule has 0 unspecified atom stereocenters. The van der Waals surface area contributed by atoms with Gasteiger partial charge in [-0.15, -0.1) is 0 Å². The quantitative estimate of drug-likeness (QED) is 0.860. The molecule has 1 aromatic carbocycles. The van der Waals surface area contributed by atoms with Gasteiger partial charge in [-0.25, -0.2) is 0 Å². The van der Waals surface area contributed by atoms with Crippen molar-refractivity contribution in [2.24, 2.45) is 5.92 Å². The van der Waals surface area contributed by atoms with Crippen LogP contribution in [0.5, 0.6) is 5.75 Å². The van der Waals surface area contributed by atoms with E-state index in [1.807, 2.05) is 30.3 Å². The van der Waals surface area contributed by atoms with E-state index >= 15 is 0 Å². The molecule has 0 aromatic heterocycles. The molecule has 0 bridgehead atoms. The molecule has 1 amide bonds. The van der Waals surface area contributed by atoms with Crippen molar-refractivity contribution in [3.05, 3.63) is 35.4 Å². The minimum Gasteiger partial charge on any atom is -0.488 e. The van der Waals surface area contributed by atoms with E-state index in [4.69, 9.17) is 4.74 Å². The molecule has 0 spiro atoms. The average Bonchev–Trinajstić information content (AvgIpc) is 3.19. The lowest BCUT2D eigenvalue weighted by atomic mass is 10.1. The summed E-state index contributed by atoms with van der Waals surface area (Å²) in [5, 5.41) is 2.96. The highest BCUT2D eigenvalue weighted by Gasteiger charge is 2.23. The third-order valence-electron chi connectivity index (χ3n) is 3.17. The third-order valence-corrected chi connectivity index (χ3v) is 3.17. The Morgan fingerprint density at radius 1 is 1.35 bits per heavy atom. The first-order valence-electron chi connectivity index (χ1n) is 6.03. The molecule has 3 heteroatoms. The zero-order chi connectivity index (χ0) is 11.7. The zero-order valence-corrected chi connectivity index (χ0v) is 9.61. The second-order valence-electron chi connectivity index (χ2n) is 4.65. The summed E-state index contributed by atoms with van der Waals surface area (Å²) in [6.07, 6.45) is 4.42. The van der Waals surface area contributed by atoms with Gasteiger partial charge in [-0.2, -0.15) is 0 Å². The molecule has 0 atom stereocenters. The van der Waals surface area contributed by atoms with Crippen LogP contribution in [0.4, 0.5) is 0 Å². The van der Waals surface area contributed by atoms with Gasteiger partial charge in [0.25, 0.3) is 5.91 Å². The highest BCUT2D eigenvalue weighted by molar-refractivity contribution is 5.99. The smallest absolute Gasteiger partial charge is 0.250 e. The second-order valence-corrected chi connectivity index (χ2v) is 4.65. The van der Waals surface area contributed by atoms with Gasteiger partial charge >= 0.3 is 0 Å². The van der Waals surface area contributed by atoms with E-state index in [1.165, 1.54) is 12.8 Å². The Kier molecular flexibility index (Phi) is 2.59. The Balaban J connectivity index is 1.71. The fourth-order valence-electron chi connectivity index (χ4n) is 1.92. The summed E-state index contributed by atoms with van der Waals surface area (Å²) >= 11 is 0. The molecule has 1 N–H and O–H groups in total. The molecule has 1 aliphatic carbocycles. The number of hydrogen-bond donors (Lipinski definition) is 1. The number of hydrogen-bond acceptors (Lipinski definition) is 2. The first-order chi connectivity index (χ1) is 8.33. The lowest BCUT2D eigenvalue weighted by Gasteiger charge is -2.17. The Labute approximate surface area is 100 Å². The summed E-state index contributed by atoms with van der Waals surface area (Å²) < 4.78 is 5.55. The van der Waals surface area contributed by atoms with Crippen LogP contribution in [0.25, 0.3) is 6.08 Å². The summed E-state index contributed by atoms with van der Waals surface area (Å²) in [6.45, 7) is 1.17. The minimum atomic E-state index is 0.00593. The van der Waals surface area contributed by atoms with Crippen LogP contribution in [0, 0.1) is 5.92 Å². The molecule has 0 saturated heterocycles. The highest BCUT2D eigenvalue weighted by Crippen LogP contribution is 2.28. The number of fused-ring (bicyclic) bond motifs is 1. The predicted octanol–water partition coefficient (Wildman–Crippen LogP) is 1.99. The Bertz CT molecular complexity index is 475. The van der Waals surface area contributed by atoms with E-state index in [1.54, 1.807) is 0 Å². The zero-order valence-electron chi connectivity index (χ0n) is 9.61. The maximum atomic E-state index is 11.9. The van der Waals surface area contributed by atoms with Gasteiger partial charge in [0.2, 0.25) is 0 Å². The standard InChI is InChI=1S/C14H15NO2/c16-14(15-8-10-5-6-10)12-7-11-3-1-2-4-13(11)17-9-12/h1-4,7,10H,5-6,8-9H2,(H,15,16). The van der Waals surface area contributed by atoms with Crippen LogP contribution in [0.2, 0.25) is 0 Å². The molecular weight excluding hydrogens is 214 g/mol. The van der Waals surface area contributed by atoms with Gasteiger partial charge < -0.3 is 10.1 Å². The van der Waals surface area contributed by atoms with Crippen LogP contribution in [0.3, 0.4) is 0 Å². The fourth-order valence-corrected chi connectivity index (χ4v) is 1.92. The van der Waals surface area contributed by atoms with Gasteiger partial charge in [-0.1, -0.05) is 18.2 Å². The van der Waals surface area contributed by atoms with Crippen LogP contribution < -0.4 is 10.1 Å². The number of benzene rings is 1. The van der Waals surface area contributed by atoms with E-state index in [-0.39, 0.29) is 5.91 Å². The molecule has 1 heterocycles. The topological polar surface area (TPSA) is 38.3 Å². The monoisotopic (exact) mass is 229 g/mol. The Morgan fingerprint density at radius 3 is 3.00 bits per heavy atom. The van der Waals surface area contributed by atoms with Crippen molar-refractivity contribution in [2.75, 3.05) is 13.2 Å². The predicted molar refractivity (Wildman–Crippen MR) is 65.6 cm³/mol. The van der Waals surface area contributed by atoms with E-state index in [9.17, 15) is 4.79 Å². The number of para-hydroxylation sites is 1. The molecule has 0 radical (unpaired) electrons. The number of nitrogens with one attached hydrogen (secondary N) is 1. The van der Waals surface area contributed by atoms with Crippen LogP contribution in [0.1, 0.15) is 18.4 Å². The van der Waals surface area contributed by atoms with Gasteiger partial charge in [-0.3, -0.25) is 4.79 Å². The number of amides is 1. The van der Waals surface area contributed by atoms with Crippen molar-refractivity contribution in [2.45, 2.75) is 12.8 Å². The number of ether oxygens (including phenoxy) is 1. The van der Waals surface area contributed by atoms with Crippen molar-refractivity contribution in [1.82, 2.24) is 5.32 Å². The Morgan fingerprint density at radius 2 is 2.18 bits per heavy atom. The molecule has 3 nitrogen and oxygen atoms in total. The first kappa shape index (κ1) is 10.4. The average molecular weight is 229 g/mol. The lowest BCUT2D eigenvalue weighted by molar-refractivity contribution is -0.117.